The Morgan fingerprint density at radius 1 is 1.09 bits per heavy atom. The van der Waals surface area contributed by atoms with Crippen molar-refractivity contribution in [2.24, 2.45) is 0 Å². The number of ether oxygens (including phenoxy) is 1. The normalized spacial score (nSPS) is 16.0. The Morgan fingerprint density at radius 2 is 1.82 bits per heavy atom. The Labute approximate surface area is 205 Å². The van der Waals surface area contributed by atoms with Gasteiger partial charge < -0.3 is 20.3 Å². The van der Waals surface area contributed by atoms with Crippen LogP contribution in [-0.4, -0.2) is 35.4 Å². The molecule has 6 heteroatoms. The van der Waals surface area contributed by atoms with Gasteiger partial charge in [0, 0.05) is 17.6 Å². The highest BCUT2D eigenvalue weighted by Gasteiger charge is 2.21. The van der Waals surface area contributed by atoms with E-state index in [-0.39, 0.29) is 11.6 Å². The number of carboxylic acid groups (broad SMARTS) is 1. The van der Waals surface area contributed by atoms with Crippen LogP contribution >= 0.6 is 11.6 Å². The predicted octanol–water partition coefficient (Wildman–Crippen LogP) is 5.67. The third-order valence-corrected chi connectivity index (χ3v) is 6.55. The van der Waals surface area contributed by atoms with Crippen LogP contribution in [0.25, 0.3) is 11.1 Å². The lowest BCUT2D eigenvalue weighted by molar-refractivity contribution is 0.0692. The molecular weight excluding hydrogens is 450 g/mol. The quantitative estimate of drug-likeness (QED) is 0.368. The van der Waals surface area contributed by atoms with Crippen LogP contribution in [0.2, 0.25) is 5.02 Å². The molecule has 1 aliphatic carbocycles. The largest absolute Gasteiger partial charge is 0.493 e. The number of benzene rings is 3. The average Bonchev–Trinajstić information content (AvgIpc) is 2.85. The van der Waals surface area contributed by atoms with Crippen LogP contribution in [0.4, 0.5) is 0 Å². The van der Waals surface area contributed by atoms with Gasteiger partial charge in [0.1, 0.15) is 11.3 Å². The van der Waals surface area contributed by atoms with Crippen LogP contribution in [0.5, 0.6) is 5.75 Å². The number of hydrogen-bond acceptors (Lipinski definition) is 4. The van der Waals surface area contributed by atoms with Gasteiger partial charge in [-0.2, -0.15) is 0 Å². The molecule has 0 spiro atoms. The van der Waals surface area contributed by atoms with Crippen molar-refractivity contribution in [2.75, 3.05) is 13.2 Å². The predicted molar refractivity (Wildman–Crippen MR) is 135 cm³/mol. The lowest BCUT2D eigenvalue weighted by Gasteiger charge is -2.27. The minimum Gasteiger partial charge on any atom is -0.493 e. The van der Waals surface area contributed by atoms with Crippen molar-refractivity contribution in [3.63, 3.8) is 0 Å². The van der Waals surface area contributed by atoms with E-state index in [1.807, 2.05) is 31.2 Å². The van der Waals surface area contributed by atoms with Crippen molar-refractivity contribution in [3.05, 3.63) is 87.9 Å². The summed E-state index contributed by atoms with van der Waals surface area (Å²) in [4.78, 5) is 11.6. The van der Waals surface area contributed by atoms with E-state index in [1.54, 1.807) is 18.2 Å². The molecule has 5 nitrogen and oxygen atoms in total. The molecule has 0 aliphatic heterocycles. The molecule has 0 saturated carbocycles. The molecule has 0 saturated heterocycles. The smallest absolute Gasteiger partial charge is 0.339 e. The minimum atomic E-state index is -0.988. The maximum absolute atomic E-state index is 11.6. The maximum atomic E-state index is 11.6. The second kappa shape index (κ2) is 11.0. The Bertz CT molecular complexity index is 1150. The average molecular weight is 480 g/mol. The highest BCUT2D eigenvalue weighted by molar-refractivity contribution is 6.30. The Hall–Kier alpha value is -2.86. The molecule has 0 aromatic heterocycles. The summed E-state index contributed by atoms with van der Waals surface area (Å²) in [5.74, 6) is -0.585. The van der Waals surface area contributed by atoms with E-state index in [1.165, 1.54) is 11.1 Å². The van der Waals surface area contributed by atoms with Gasteiger partial charge in [-0.05, 0) is 77.8 Å². The standard InChI is InChI=1S/C28H30ClNO4/c1-2-13-34-27-16-21(8-12-25(27)28(32)33)20-4-3-18-7-11-24(15-22(18)14-20)30-17-26(31)19-5-9-23(29)10-6-19/h3-6,8-10,12,14,16,24,26,30-31H,2,7,11,13,15,17H2,1H3,(H,32,33)/t24-,26+/m0/s1. The number of aromatic carboxylic acids is 1. The van der Waals surface area contributed by atoms with E-state index in [0.29, 0.717) is 23.9 Å². The number of carboxylic acids is 1. The molecule has 0 radical (unpaired) electrons. The van der Waals surface area contributed by atoms with E-state index in [4.69, 9.17) is 16.3 Å². The van der Waals surface area contributed by atoms with Crippen LogP contribution in [0.15, 0.2) is 60.7 Å². The molecule has 34 heavy (non-hydrogen) atoms. The summed E-state index contributed by atoms with van der Waals surface area (Å²) < 4.78 is 5.71. The first-order valence-electron chi connectivity index (χ1n) is 11.7. The van der Waals surface area contributed by atoms with E-state index >= 15 is 0 Å². The molecule has 3 N–H and O–H groups in total. The molecule has 3 aromatic carbocycles. The SMILES string of the molecule is CCCOc1cc(-c2ccc3c(c2)C[C@@H](NC[C@@H](O)c2ccc(Cl)cc2)CC3)ccc1C(=O)O. The molecule has 2 atom stereocenters. The van der Waals surface area contributed by atoms with Crippen molar-refractivity contribution in [3.8, 4) is 16.9 Å². The highest BCUT2D eigenvalue weighted by Crippen LogP contribution is 2.31. The number of nitrogens with one attached hydrogen (secondary N) is 1. The zero-order valence-electron chi connectivity index (χ0n) is 19.3. The summed E-state index contributed by atoms with van der Waals surface area (Å²) in [5, 5.41) is 24.2. The Kier molecular flexibility index (Phi) is 7.88. The van der Waals surface area contributed by atoms with Crippen molar-refractivity contribution < 1.29 is 19.7 Å². The minimum absolute atomic E-state index is 0.179. The molecule has 0 bridgehead atoms. The molecule has 0 amide bonds. The number of halogens is 1. The number of aryl methyl sites for hydroxylation is 1. The van der Waals surface area contributed by atoms with E-state index in [9.17, 15) is 15.0 Å². The second-order valence-electron chi connectivity index (χ2n) is 8.76. The topological polar surface area (TPSA) is 78.8 Å². The van der Waals surface area contributed by atoms with Gasteiger partial charge in [0.05, 0.1) is 12.7 Å². The number of carbonyl (C=O) groups is 1. The molecule has 4 rings (SSSR count). The second-order valence-corrected chi connectivity index (χ2v) is 9.20. The fraction of sp³-hybridized carbons (Fsp3) is 0.321. The van der Waals surface area contributed by atoms with Crippen LogP contribution in [0.1, 0.15) is 52.9 Å². The molecule has 0 unspecified atom stereocenters. The van der Waals surface area contributed by atoms with Crippen molar-refractivity contribution >= 4 is 17.6 Å². The molecule has 1 aliphatic rings. The third kappa shape index (κ3) is 5.79. The van der Waals surface area contributed by atoms with Gasteiger partial charge in [-0.1, -0.05) is 54.9 Å². The first-order valence-corrected chi connectivity index (χ1v) is 12.1. The number of fused-ring (bicyclic) bond motifs is 1. The lowest BCUT2D eigenvalue weighted by Crippen LogP contribution is -2.37. The van der Waals surface area contributed by atoms with Gasteiger partial charge in [-0.25, -0.2) is 4.79 Å². The van der Waals surface area contributed by atoms with Crippen LogP contribution in [0.3, 0.4) is 0 Å². The summed E-state index contributed by atoms with van der Waals surface area (Å²) in [5.41, 5.74) is 5.62. The molecule has 3 aromatic rings. The van der Waals surface area contributed by atoms with Gasteiger partial charge in [-0.15, -0.1) is 0 Å². The summed E-state index contributed by atoms with van der Waals surface area (Å²) in [6.07, 6.45) is 3.10. The summed E-state index contributed by atoms with van der Waals surface area (Å²) in [6.45, 7) is 2.95. The Balaban J connectivity index is 1.46. The summed E-state index contributed by atoms with van der Waals surface area (Å²) in [6, 6.07) is 19.3. The van der Waals surface area contributed by atoms with Gasteiger partial charge in [0.15, 0.2) is 0 Å². The van der Waals surface area contributed by atoms with Crippen molar-refractivity contribution in [2.45, 2.75) is 44.8 Å². The van der Waals surface area contributed by atoms with Crippen molar-refractivity contribution in [1.29, 1.82) is 0 Å². The van der Waals surface area contributed by atoms with Gasteiger partial charge in [0.25, 0.3) is 0 Å². The lowest BCUT2D eigenvalue weighted by atomic mass is 9.86. The maximum Gasteiger partial charge on any atom is 0.339 e. The zero-order valence-corrected chi connectivity index (χ0v) is 20.0. The van der Waals surface area contributed by atoms with E-state index < -0.39 is 12.1 Å². The number of aliphatic hydroxyl groups is 1. The van der Waals surface area contributed by atoms with Gasteiger partial charge in [0.2, 0.25) is 0 Å². The fourth-order valence-electron chi connectivity index (χ4n) is 4.40. The summed E-state index contributed by atoms with van der Waals surface area (Å²) >= 11 is 5.94. The Morgan fingerprint density at radius 3 is 2.56 bits per heavy atom. The van der Waals surface area contributed by atoms with Gasteiger partial charge >= 0.3 is 5.97 Å². The first-order chi connectivity index (χ1) is 16.4. The van der Waals surface area contributed by atoms with Crippen LogP contribution in [0, 0.1) is 0 Å². The first kappa shape index (κ1) is 24.3. The van der Waals surface area contributed by atoms with E-state index in [0.717, 1.165) is 42.4 Å². The van der Waals surface area contributed by atoms with Gasteiger partial charge in [-0.3, -0.25) is 0 Å². The monoisotopic (exact) mass is 479 g/mol. The number of hydrogen-bond donors (Lipinski definition) is 3. The van der Waals surface area contributed by atoms with Crippen LogP contribution < -0.4 is 10.1 Å². The zero-order chi connectivity index (χ0) is 24.1. The van der Waals surface area contributed by atoms with Crippen molar-refractivity contribution in [1.82, 2.24) is 5.32 Å². The molecular formula is C28H30ClNO4. The van der Waals surface area contributed by atoms with E-state index in [2.05, 4.69) is 23.5 Å². The molecule has 0 heterocycles. The molecule has 0 fully saturated rings. The number of aliphatic hydroxyl groups excluding tert-OH is 1. The molecule has 178 valence electrons. The highest BCUT2D eigenvalue weighted by atomic mass is 35.5. The third-order valence-electron chi connectivity index (χ3n) is 6.30. The van der Waals surface area contributed by atoms with Crippen LogP contribution in [-0.2, 0) is 12.8 Å². The summed E-state index contributed by atoms with van der Waals surface area (Å²) in [7, 11) is 0. The number of rotatable bonds is 9. The fourth-order valence-corrected chi connectivity index (χ4v) is 4.53.